The molecule has 0 aliphatic carbocycles. The minimum absolute atomic E-state index is 0.00973. The molecule has 33 heavy (non-hydrogen) atoms. The molecule has 5 nitrogen and oxygen atoms in total. The largest absolute Gasteiger partial charge is 0.477 e. The number of carbonyl (C=O) groups is 1. The zero-order chi connectivity index (χ0) is 23.5. The molecule has 1 aromatic heterocycles. The molecule has 1 unspecified atom stereocenters. The van der Waals surface area contributed by atoms with Crippen molar-refractivity contribution in [3.05, 3.63) is 116 Å². The van der Waals surface area contributed by atoms with E-state index >= 15 is 0 Å². The molecule has 4 aromatic rings. The summed E-state index contributed by atoms with van der Waals surface area (Å²) in [6, 6.07) is 18.8. The van der Waals surface area contributed by atoms with Gasteiger partial charge in [0.15, 0.2) is 0 Å². The molecular formula is C26H21ClFNO4. The lowest BCUT2D eigenvalue weighted by molar-refractivity contribution is 0.0694. The molecule has 168 valence electrons. The number of fused-ring (bicyclic) bond motifs is 1. The number of halogens is 2. The smallest absolute Gasteiger partial charge is 0.341 e. The lowest BCUT2D eigenvalue weighted by atomic mass is 10.00. The maximum Gasteiger partial charge on any atom is 0.341 e. The first-order valence-corrected chi connectivity index (χ1v) is 10.8. The number of aliphatic hydroxyl groups is 1. The summed E-state index contributed by atoms with van der Waals surface area (Å²) in [5.41, 5.74) is 1.45. The highest BCUT2D eigenvalue weighted by molar-refractivity contribution is 6.30. The third-order valence-electron chi connectivity index (χ3n) is 5.67. The number of aromatic nitrogens is 1. The third kappa shape index (κ3) is 4.67. The number of aromatic carboxylic acids is 1. The molecule has 0 aliphatic heterocycles. The maximum absolute atomic E-state index is 14.4. The van der Waals surface area contributed by atoms with Crippen LogP contribution in [0.5, 0.6) is 0 Å². The minimum atomic E-state index is -1.35. The van der Waals surface area contributed by atoms with Crippen molar-refractivity contribution >= 4 is 28.5 Å². The Kier molecular flexibility index (Phi) is 6.58. The van der Waals surface area contributed by atoms with Crippen LogP contribution in [0.4, 0.5) is 4.39 Å². The van der Waals surface area contributed by atoms with Gasteiger partial charge in [0.2, 0.25) is 5.43 Å². The van der Waals surface area contributed by atoms with Gasteiger partial charge in [0.25, 0.3) is 0 Å². The predicted molar refractivity (Wildman–Crippen MR) is 126 cm³/mol. The second-order valence-electron chi connectivity index (χ2n) is 7.85. The first-order chi connectivity index (χ1) is 15.9. The van der Waals surface area contributed by atoms with Crippen LogP contribution in [0.1, 0.15) is 33.1 Å². The van der Waals surface area contributed by atoms with Gasteiger partial charge in [-0.05, 0) is 41.3 Å². The van der Waals surface area contributed by atoms with Crippen LogP contribution in [0, 0.1) is 5.82 Å². The van der Waals surface area contributed by atoms with Gasteiger partial charge < -0.3 is 14.8 Å². The number of hydrogen-bond acceptors (Lipinski definition) is 3. The van der Waals surface area contributed by atoms with Gasteiger partial charge in [0.1, 0.15) is 11.4 Å². The monoisotopic (exact) mass is 465 g/mol. The van der Waals surface area contributed by atoms with Gasteiger partial charge in [-0.3, -0.25) is 4.79 Å². The van der Waals surface area contributed by atoms with Crippen molar-refractivity contribution in [3.8, 4) is 0 Å². The number of hydrogen-bond donors (Lipinski definition) is 2. The van der Waals surface area contributed by atoms with E-state index < -0.39 is 23.3 Å². The average molecular weight is 466 g/mol. The Bertz CT molecular complexity index is 1380. The van der Waals surface area contributed by atoms with E-state index in [0.717, 1.165) is 5.56 Å². The van der Waals surface area contributed by atoms with Gasteiger partial charge in [-0.25, -0.2) is 9.18 Å². The van der Waals surface area contributed by atoms with Crippen molar-refractivity contribution in [1.29, 1.82) is 0 Å². The van der Waals surface area contributed by atoms with Crippen LogP contribution in [0.25, 0.3) is 10.9 Å². The van der Waals surface area contributed by atoms with E-state index in [-0.39, 0.29) is 29.0 Å². The lowest BCUT2D eigenvalue weighted by Crippen LogP contribution is -2.24. The number of rotatable bonds is 7. The minimum Gasteiger partial charge on any atom is -0.477 e. The quantitative estimate of drug-likeness (QED) is 0.408. The van der Waals surface area contributed by atoms with Crippen LogP contribution in [0.15, 0.2) is 77.7 Å². The normalized spacial score (nSPS) is 12.1. The molecule has 0 radical (unpaired) electrons. The molecule has 4 rings (SSSR count). The Labute approximate surface area is 194 Å². The summed E-state index contributed by atoms with van der Waals surface area (Å²) >= 11 is 5.88. The molecule has 0 fully saturated rings. The lowest BCUT2D eigenvalue weighted by Gasteiger charge is -2.22. The maximum atomic E-state index is 14.4. The number of pyridine rings is 1. The zero-order valence-corrected chi connectivity index (χ0v) is 18.3. The Hall–Kier alpha value is -3.48. The molecule has 0 saturated carbocycles. The number of carboxylic acid groups (broad SMARTS) is 1. The van der Waals surface area contributed by atoms with Crippen LogP contribution in [0.3, 0.4) is 0 Å². The van der Waals surface area contributed by atoms with Gasteiger partial charge in [-0.2, -0.15) is 0 Å². The average Bonchev–Trinajstić information content (AvgIpc) is 2.81. The Morgan fingerprint density at radius 1 is 1.03 bits per heavy atom. The molecular weight excluding hydrogens is 445 g/mol. The highest BCUT2D eigenvalue weighted by Crippen LogP contribution is 2.25. The first-order valence-electron chi connectivity index (χ1n) is 10.4. The molecule has 0 bridgehead atoms. The van der Waals surface area contributed by atoms with Crippen LogP contribution < -0.4 is 5.43 Å². The molecule has 7 heteroatoms. The summed E-state index contributed by atoms with van der Waals surface area (Å²) < 4.78 is 16.0. The Morgan fingerprint density at radius 3 is 2.48 bits per heavy atom. The van der Waals surface area contributed by atoms with Gasteiger partial charge in [-0.15, -0.1) is 0 Å². The number of carboxylic acids is 1. The van der Waals surface area contributed by atoms with Crippen molar-refractivity contribution in [2.24, 2.45) is 0 Å². The number of aliphatic hydroxyl groups excluding tert-OH is 1. The molecule has 0 amide bonds. The Morgan fingerprint density at radius 2 is 1.79 bits per heavy atom. The highest BCUT2D eigenvalue weighted by atomic mass is 35.5. The molecule has 0 aliphatic rings. The molecule has 1 atom stereocenters. The first kappa shape index (κ1) is 22.7. The van der Waals surface area contributed by atoms with E-state index in [4.69, 9.17) is 11.6 Å². The van der Waals surface area contributed by atoms with Crippen LogP contribution >= 0.6 is 11.6 Å². The van der Waals surface area contributed by atoms with Gasteiger partial charge in [-0.1, -0.05) is 60.1 Å². The van der Waals surface area contributed by atoms with Crippen LogP contribution in [-0.4, -0.2) is 27.4 Å². The molecule has 0 saturated heterocycles. The van der Waals surface area contributed by atoms with E-state index in [9.17, 15) is 24.2 Å². The van der Waals surface area contributed by atoms with E-state index in [1.165, 1.54) is 12.3 Å². The fraction of sp³-hybridized carbons (Fsp3) is 0.154. The third-order valence-corrected chi connectivity index (χ3v) is 5.96. The van der Waals surface area contributed by atoms with Crippen LogP contribution in [0.2, 0.25) is 5.02 Å². The fourth-order valence-corrected chi connectivity index (χ4v) is 4.20. The van der Waals surface area contributed by atoms with Crippen molar-refractivity contribution in [2.75, 3.05) is 6.61 Å². The van der Waals surface area contributed by atoms with E-state index in [1.807, 2.05) is 30.3 Å². The van der Waals surface area contributed by atoms with Crippen LogP contribution in [-0.2, 0) is 12.8 Å². The summed E-state index contributed by atoms with van der Waals surface area (Å²) in [5, 5.41) is 19.9. The molecule has 2 N–H and O–H groups in total. The van der Waals surface area contributed by atoms with Crippen molar-refractivity contribution in [3.63, 3.8) is 0 Å². The van der Waals surface area contributed by atoms with E-state index in [1.54, 1.807) is 34.9 Å². The highest BCUT2D eigenvalue weighted by Gasteiger charge is 2.20. The second-order valence-corrected chi connectivity index (χ2v) is 8.26. The Balaban J connectivity index is 1.84. The molecule has 0 spiro atoms. The number of nitrogens with zero attached hydrogens (tertiary/aromatic N) is 1. The van der Waals surface area contributed by atoms with E-state index in [0.29, 0.717) is 23.1 Å². The van der Waals surface area contributed by atoms with Crippen molar-refractivity contribution in [1.82, 2.24) is 4.57 Å². The van der Waals surface area contributed by atoms with Gasteiger partial charge in [0.05, 0.1) is 23.2 Å². The molecule has 1 heterocycles. The number of benzene rings is 3. The van der Waals surface area contributed by atoms with E-state index in [2.05, 4.69) is 0 Å². The predicted octanol–water partition coefficient (Wildman–Crippen LogP) is 4.86. The summed E-state index contributed by atoms with van der Waals surface area (Å²) in [7, 11) is 0. The van der Waals surface area contributed by atoms with Crippen molar-refractivity contribution in [2.45, 2.75) is 18.9 Å². The van der Waals surface area contributed by atoms with Gasteiger partial charge in [0, 0.05) is 18.0 Å². The second kappa shape index (κ2) is 9.57. The molecule has 3 aromatic carbocycles. The summed E-state index contributed by atoms with van der Waals surface area (Å²) in [6.45, 7) is -0.249. The summed E-state index contributed by atoms with van der Waals surface area (Å²) in [5.74, 6) is -1.88. The standard InChI is InChI=1S/C26H21ClFNO4/c27-22-8-4-7-18(24(22)28)11-17-9-10-23-20(13-17)25(31)21(26(32)33)14-29(23)19(15-30)12-16-5-2-1-3-6-16/h1-10,13-14,19,30H,11-12,15H2,(H,32,33). The zero-order valence-electron chi connectivity index (χ0n) is 17.5. The summed E-state index contributed by atoms with van der Waals surface area (Å²) in [4.78, 5) is 24.8. The van der Waals surface area contributed by atoms with Gasteiger partial charge >= 0.3 is 5.97 Å². The summed E-state index contributed by atoms with van der Waals surface area (Å²) in [6.07, 6.45) is 1.92. The van der Waals surface area contributed by atoms with Crippen molar-refractivity contribution < 1.29 is 19.4 Å². The fourth-order valence-electron chi connectivity index (χ4n) is 4.01. The SMILES string of the molecule is O=C(O)c1cn(C(CO)Cc2ccccc2)c2ccc(Cc3cccc(Cl)c3F)cc2c1=O. The topological polar surface area (TPSA) is 79.5 Å².